The van der Waals surface area contributed by atoms with Gasteiger partial charge in [0.2, 0.25) is 5.78 Å². The molecule has 0 aliphatic heterocycles. The summed E-state index contributed by atoms with van der Waals surface area (Å²) in [6, 6.07) is 0. The molecular weight excluding hydrogens is 415 g/mol. The maximum atomic E-state index is 15.5. The Bertz CT molecular complexity index is 910. The number of aliphatic hydroxyl groups is 2. The van der Waals surface area contributed by atoms with Gasteiger partial charge in [0, 0.05) is 29.1 Å². The molecular formula is C25H33FO6. The molecule has 4 aliphatic carbocycles. The summed E-state index contributed by atoms with van der Waals surface area (Å²) >= 11 is 0. The molecule has 32 heavy (non-hydrogen) atoms. The number of carbonyl (C=O) groups is 3. The predicted molar refractivity (Wildman–Crippen MR) is 114 cm³/mol. The van der Waals surface area contributed by atoms with Crippen molar-refractivity contribution in [1.29, 1.82) is 0 Å². The Labute approximate surface area is 187 Å². The number of rotatable bonds is 4. The highest BCUT2D eigenvalue weighted by Crippen LogP contribution is 2.69. The Hall–Kier alpha value is -1.86. The molecule has 9 atom stereocenters. The minimum Gasteiger partial charge on any atom is -0.450 e. The first kappa shape index (κ1) is 23.3. The Balaban J connectivity index is 1.83. The number of fused-ring (bicyclic) bond motifs is 5. The first-order valence-corrected chi connectivity index (χ1v) is 11.6. The molecule has 176 valence electrons. The van der Waals surface area contributed by atoms with Gasteiger partial charge >= 0.3 is 5.97 Å². The van der Waals surface area contributed by atoms with E-state index in [0.29, 0.717) is 12.0 Å². The molecule has 0 aromatic heterocycles. The number of ether oxygens (including phenoxy) is 1. The summed E-state index contributed by atoms with van der Waals surface area (Å²) in [6.45, 7) is 6.43. The highest BCUT2D eigenvalue weighted by molar-refractivity contribution is 6.01. The third-order valence-corrected chi connectivity index (χ3v) is 9.14. The SMILES string of the molecule is CCC(=O)O[C@]1(C(=O)CO)[C@@H](C)C[C@H]2[C@@H]3C[C@H](F)C4=CC(=O)C=C[C@]4(C)[C@H]3C(O)C[C@@]21C. The van der Waals surface area contributed by atoms with Crippen LogP contribution in [-0.2, 0) is 19.1 Å². The van der Waals surface area contributed by atoms with Crippen LogP contribution in [0.2, 0.25) is 0 Å². The van der Waals surface area contributed by atoms with Crippen LogP contribution in [0.15, 0.2) is 23.8 Å². The predicted octanol–water partition coefficient (Wildman–Crippen LogP) is 2.71. The maximum Gasteiger partial charge on any atom is 0.306 e. The van der Waals surface area contributed by atoms with Crippen LogP contribution in [0.5, 0.6) is 0 Å². The largest absolute Gasteiger partial charge is 0.450 e. The Kier molecular flexibility index (Phi) is 5.53. The van der Waals surface area contributed by atoms with Crippen LogP contribution < -0.4 is 0 Å². The van der Waals surface area contributed by atoms with Crippen molar-refractivity contribution in [2.24, 2.45) is 34.5 Å². The first-order valence-electron chi connectivity index (χ1n) is 11.6. The molecule has 1 unspecified atom stereocenters. The van der Waals surface area contributed by atoms with E-state index in [1.54, 1.807) is 13.0 Å². The zero-order chi connectivity index (χ0) is 23.6. The van der Waals surface area contributed by atoms with Gasteiger partial charge in [-0.3, -0.25) is 14.4 Å². The van der Waals surface area contributed by atoms with Crippen molar-refractivity contribution in [2.75, 3.05) is 6.61 Å². The smallest absolute Gasteiger partial charge is 0.306 e. The zero-order valence-corrected chi connectivity index (χ0v) is 19.1. The van der Waals surface area contributed by atoms with E-state index >= 15 is 4.39 Å². The molecule has 0 aromatic rings. The fourth-order valence-electron chi connectivity index (χ4n) is 7.89. The van der Waals surface area contributed by atoms with Crippen LogP contribution in [0, 0.1) is 34.5 Å². The van der Waals surface area contributed by atoms with E-state index in [4.69, 9.17) is 4.74 Å². The zero-order valence-electron chi connectivity index (χ0n) is 19.1. The van der Waals surface area contributed by atoms with Gasteiger partial charge in [0.1, 0.15) is 12.8 Å². The molecule has 0 heterocycles. The summed E-state index contributed by atoms with van der Waals surface area (Å²) < 4.78 is 21.3. The lowest BCUT2D eigenvalue weighted by atomic mass is 9.46. The Morgan fingerprint density at radius 3 is 2.59 bits per heavy atom. The van der Waals surface area contributed by atoms with E-state index < -0.39 is 47.1 Å². The molecule has 0 radical (unpaired) electrons. The average molecular weight is 449 g/mol. The van der Waals surface area contributed by atoms with E-state index in [9.17, 15) is 24.6 Å². The van der Waals surface area contributed by atoms with E-state index in [0.717, 1.165) is 0 Å². The van der Waals surface area contributed by atoms with Gasteiger partial charge in [-0.15, -0.1) is 0 Å². The topological polar surface area (TPSA) is 101 Å². The molecule has 0 bridgehead atoms. The standard InChI is InChI=1S/C25H33FO6/c1-5-21(31)32-25(20(30)12-27)13(2)8-16-15-10-18(26)17-9-14(28)6-7-23(17,3)22(15)19(29)11-24(16,25)4/h6-7,9,13,15-16,18-19,22,27,29H,5,8,10-12H2,1-4H3/t13-,15-,16-,18-,19?,22+,23-,24-,25-/m0/s1. The maximum absolute atomic E-state index is 15.5. The number of carbonyl (C=O) groups excluding carboxylic acids is 3. The van der Waals surface area contributed by atoms with Crippen LogP contribution in [-0.4, -0.2) is 52.2 Å². The van der Waals surface area contributed by atoms with Gasteiger partial charge in [0.15, 0.2) is 11.4 Å². The molecule has 0 aromatic carbocycles. The fraction of sp³-hybridized carbons (Fsp3) is 0.720. The summed E-state index contributed by atoms with van der Waals surface area (Å²) in [5.74, 6) is -2.51. The van der Waals surface area contributed by atoms with E-state index in [1.165, 1.54) is 12.2 Å². The number of hydrogen-bond donors (Lipinski definition) is 2. The number of esters is 1. The fourth-order valence-corrected chi connectivity index (χ4v) is 7.89. The van der Waals surface area contributed by atoms with Crippen molar-refractivity contribution in [3.8, 4) is 0 Å². The second-order valence-electron chi connectivity index (χ2n) is 10.6. The number of halogens is 1. The number of Topliss-reactive ketones (excluding diaryl/α,β-unsaturated/α-hetero) is 1. The molecule has 6 nitrogen and oxygen atoms in total. The number of ketones is 2. The summed E-state index contributed by atoms with van der Waals surface area (Å²) in [5, 5.41) is 21.3. The van der Waals surface area contributed by atoms with E-state index in [2.05, 4.69) is 0 Å². The number of alkyl halides is 1. The lowest BCUT2D eigenvalue weighted by molar-refractivity contribution is -0.206. The second kappa shape index (κ2) is 7.59. The lowest BCUT2D eigenvalue weighted by Gasteiger charge is -2.60. The van der Waals surface area contributed by atoms with Crippen LogP contribution in [0.4, 0.5) is 4.39 Å². The number of aliphatic hydroxyl groups excluding tert-OH is 2. The molecule has 0 spiro atoms. The summed E-state index contributed by atoms with van der Waals surface area (Å²) in [7, 11) is 0. The summed E-state index contributed by atoms with van der Waals surface area (Å²) in [6.07, 6.45) is 3.24. The van der Waals surface area contributed by atoms with Gasteiger partial charge in [-0.05, 0) is 48.8 Å². The van der Waals surface area contributed by atoms with Crippen molar-refractivity contribution in [2.45, 2.75) is 71.3 Å². The normalized spacial score (nSPS) is 47.2. The van der Waals surface area contributed by atoms with Crippen molar-refractivity contribution >= 4 is 17.5 Å². The Morgan fingerprint density at radius 1 is 1.28 bits per heavy atom. The third kappa shape index (κ3) is 2.86. The van der Waals surface area contributed by atoms with Gasteiger partial charge < -0.3 is 14.9 Å². The molecule has 3 fully saturated rings. The van der Waals surface area contributed by atoms with Gasteiger partial charge in [-0.2, -0.15) is 0 Å². The van der Waals surface area contributed by atoms with Crippen LogP contribution >= 0.6 is 0 Å². The quantitative estimate of drug-likeness (QED) is 0.642. The number of allylic oxidation sites excluding steroid dienone is 4. The molecule has 0 amide bonds. The minimum atomic E-state index is -1.56. The van der Waals surface area contributed by atoms with E-state index in [1.807, 2.05) is 20.8 Å². The second-order valence-corrected chi connectivity index (χ2v) is 10.6. The highest BCUT2D eigenvalue weighted by Gasteiger charge is 2.73. The monoisotopic (exact) mass is 448 g/mol. The van der Waals surface area contributed by atoms with Crippen LogP contribution in [0.3, 0.4) is 0 Å². The van der Waals surface area contributed by atoms with Gasteiger partial charge in [-0.25, -0.2) is 4.39 Å². The van der Waals surface area contributed by atoms with Crippen LogP contribution in [0.1, 0.15) is 53.4 Å². The van der Waals surface area contributed by atoms with Crippen molar-refractivity contribution in [3.63, 3.8) is 0 Å². The summed E-state index contributed by atoms with van der Waals surface area (Å²) in [4.78, 5) is 37.5. The summed E-state index contributed by atoms with van der Waals surface area (Å²) in [5.41, 5.74) is -2.89. The molecule has 4 rings (SSSR count). The third-order valence-electron chi connectivity index (χ3n) is 9.14. The molecule has 0 saturated heterocycles. The van der Waals surface area contributed by atoms with Crippen molar-refractivity contribution in [1.82, 2.24) is 0 Å². The van der Waals surface area contributed by atoms with Gasteiger partial charge in [0.25, 0.3) is 0 Å². The molecule has 4 aliphatic rings. The molecule has 3 saturated carbocycles. The minimum absolute atomic E-state index is 0.0835. The van der Waals surface area contributed by atoms with E-state index in [-0.39, 0.29) is 48.7 Å². The van der Waals surface area contributed by atoms with Crippen molar-refractivity contribution < 1.29 is 33.7 Å². The molecule has 2 N–H and O–H groups in total. The highest BCUT2D eigenvalue weighted by atomic mass is 19.1. The van der Waals surface area contributed by atoms with Gasteiger partial charge in [0.05, 0.1) is 6.10 Å². The molecule has 7 heteroatoms. The van der Waals surface area contributed by atoms with Crippen LogP contribution in [0.25, 0.3) is 0 Å². The first-order chi connectivity index (χ1) is 15.0. The number of hydrogen-bond acceptors (Lipinski definition) is 6. The van der Waals surface area contributed by atoms with Gasteiger partial charge in [-0.1, -0.05) is 33.8 Å². The Morgan fingerprint density at radius 2 is 1.97 bits per heavy atom. The van der Waals surface area contributed by atoms with Crippen molar-refractivity contribution in [3.05, 3.63) is 23.8 Å². The average Bonchev–Trinajstić information content (AvgIpc) is 2.95. The lowest BCUT2D eigenvalue weighted by Crippen LogP contribution is -2.64.